The molecule has 3 nitrogen and oxygen atoms in total. The molecule has 0 radical (unpaired) electrons. The highest BCUT2D eigenvalue weighted by Crippen LogP contribution is 2.24. The number of rotatable bonds is 2. The summed E-state index contributed by atoms with van der Waals surface area (Å²) in [5.74, 6) is 1.12. The van der Waals surface area contributed by atoms with E-state index in [1.807, 2.05) is 11.8 Å². The highest BCUT2D eigenvalue weighted by molar-refractivity contribution is 8.14. The van der Waals surface area contributed by atoms with Crippen molar-refractivity contribution in [2.75, 3.05) is 25.4 Å². The van der Waals surface area contributed by atoms with E-state index in [0.717, 1.165) is 37.0 Å². The van der Waals surface area contributed by atoms with Crippen LogP contribution in [-0.4, -0.2) is 36.2 Å². The lowest BCUT2D eigenvalue weighted by Crippen LogP contribution is -2.38. The van der Waals surface area contributed by atoms with Crippen LogP contribution in [-0.2, 0) is 4.74 Å². The smallest absolute Gasteiger partial charge is 0.156 e. The van der Waals surface area contributed by atoms with Gasteiger partial charge in [0.1, 0.15) is 0 Å². The molecule has 4 heteroatoms. The lowest BCUT2D eigenvalue weighted by atomic mass is 10.0. The first kappa shape index (κ1) is 9.34. The van der Waals surface area contributed by atoms with E-state index in [1.165, 1.54) is 6.42 Å². The van der Waals surface area contributed by atoms with Gasteiger partial charge in [0.25, 0.3) is 0 Å². The molecule has 13 heavy (non-hydrogen) atoms. The lowest BCUT2D eigenvalue weighted by molar-refractivity contribution is 0.0246. The fourth-order valence-corrected chi connectivity index (χ4v) is 2.41. The van der Waals surface area contributed by atoms with Crippen LogP contribution >= 0.6 is 11.8 Å². The monoisotopic (exact) mass is 200 g/mol. The Bertz CT molecular complexity index is 212. The summed E-state index contributed by atoms with van der Waals surface area (Å²) in [4.78, 5) is 4.34. The van der Waals surface area contributed by atoms with Crippen LogP contribution in [0.4, 0.5) is 0 Å². The van der Waals surface area contributed by atoms with Gasteiger partial charge in [-0.25, -0.2) is 0 Å². The number of amidine groups is 1. The number of hydrogen-bond donors (Lipinski definition) is 1. The number of nitrogens with one attached hydrogen (secondary N) is 1. The molecule has 2 rings (SSSR count). The van der Waals surface area contributed by atoms with E-state index < -0.39 is 0 Å². The van der Waals surface area contributed by atoms with E-state index >= 15 is 0 Å². The van der Waals surface area contributed by atoms with Gasteiger partial charge >= 0.3 is 0 Å². The summed E-state index contributed by atoms with van der Waals surface area (Å²) in [7, 11) is 0. The molecule has 2 aliphatic rings. The number of nitrogens with zero attached hydrogens (tertiary/aromatic N) is 1. The van der Waals surface area contributed by atoms with Crippen LogP contribution in [0.2, 0.25) is 0 Å². The number of ether oxygens (including phenoxy) is 1. The Kier molecular flexibility index (Phi) is 2.79. The van der Waals surface area contributed by atoms with Gasteiger partial charge in [0.05, 0.1) is 12.1 Å². The lowest BCUT2D eigenvalue weighted by Gasteiger charge is -2.23. The SMILES string of the molecule is CC1(CNC2=NCCS2)CCCO1. The fourth-order valence-electron chi connectivity index (χ4n) is 1.68. The fraction of sp³-hybridized carbons (Fsp3) is 0.889. The summed E-state index contributed by atoms with van der Waals surface area (Å²) in [6.07, 6.45) is 2.36. The molecule has 0 spiro atoms. The summed E-state index contributed by atoms with van der Waals surface area (Å²) in [6, 6.07) is 0. The highest BCUT2D eigenvalue weighted by Gasteiger charge is 2.29. The first-order chi connectivity index (χ1) is 6.29. The second-order valence-corrected chi connectivity index (χ2v) is 4.87. The predicted molar refractivity (Wildman–Crippen MR) is 56.4 cm³/mol. The van der Waals surface area contributed by atoms with Crippen LogP contribution in [0.1, 0.15) is 19.8 Å². The quantitative estimate of drug-likeness (QED) is 0.728. The van der Waals surface area contributed by atoms with Crippen LogP contribution in [0.15, 0.2) is 4.99 Å². The Labute approximate surface area is 83.3 Å². The molecule has 2 aliphatic heterocycles. The molecule has 0 aromatic rings. The van der Waals surface area contributed by atoms with Crippen LogP contribution in [0, 0.1) is 0 Å². The maximum absolute atomic E-state index is 5.67. The van der Waals surface area contributed by atoms with Gasteiger partial charge in [-0.15, -0.1) is 0 Å². The topological polar surface area (TPSA) is 33.6 Å². The molecule has 1 N–H and O–H groups in total. The van der Waals surface area contributed by atoms with E-state index in [9.17, 15) is 0 Å². The molecule has 1 fully saturated rings. The van der Waals surface area contributed by atoms with Crippen molar-refractivity contribution in [1.82, 2.24) is 5.32 Å². The van der Waals surface area contributed by atoms with Gasteiger partial charge in [-0.05, 0) is 19.8 Å². The average Bonchev–Trinajstić information content (AvgIpc) is 2.72. The van der Waals surface area contributed by atoms with Gasteiger partial charge in [0.2, 0.25) is 0 Å². The highest BCUT2D eigenvalue weighted by atomic mass is 32.2. The normalized spacial score (nSPS) is 33.5. The first-order valence-corrected chi connectivity index (χ1v) is 5.82. The molecular formula is C9H16N2OS. The van der Waals surface area contributed by atoms with Crippen molar-refractivity contribution >= 4 is 16.9 Å². The van der Waals surface area contributed by atoms with Crippen molar-refractivity contribution in [1.29, 1.82) is 0 Å². The maximum atomic E-state index is 5.67. The van der Waals surface area contributed by atoms with E-state index in [1.54, 1.807) is 0 Å². The molecular weight excluding hydrogens is 184 g/mol. The third kappa shape index (κ3) is 2.38. The van der Waals surface area contributed by atoms with Crippen molar-refractivity contribution in [3.05, 3.63) is 0 Å². The Hall–Kier alpha value is -0.220. The Balaban J connectivity index is 1.77. The van der Waals surface area contributed by atoms with Crippen LogP contribution in [0.5, 0.6) is 0 Å². The van der Waals surface area contributed by atoms with Crippen LogP contribution in [0.3, 0.4) is 0 Å². The third-order valence-corrected chi connectivity index (χ3v) is 3.43. The summed E-state index contributed by atoms with van der Waals surface area (Å²) in [5.41, 5.74) is 0.0473. The molecule has 74 valence electrons. The Morgan fingerprint density at radius 3 is 3.23 bits per heavy atom. The number of hydrogen-bond acceptors (Lipinski definition) is 4. The van der Waals surface area contributed by atoms with Gasteiger partial charge < -0.3 is 10.1 Å². The van der Waals surface area contributed by atoms with E-state index in [-0.39, 0.29) is 5.60 Å². The maximum Gasteiger partial charge on any atom is 0.156 e. The summed E-state index contributed by atoms with van der Waals surface area (Å²) < 4.78 is 5.67. The first-order valence-electron chi connectivity index (χ1n) is 4.84. The van der Waals surface area contributed by atoms with E-state index in [0.29, 0.717) is 0 Å². The Morgan fingerprint density at radius 2 is 2.62 bits per heavy atom. The van der Waals surface area contributed by atoms with E-state index in [2.05, 4.69) is 17.2 Å². The van der Waals surface area contributed by atoms with E-state index in [4.69, 9.17) is 4.74 Å². The third-order valence-electron chi connectivity index (χ3n) is 2.50. The minimum atomic E-state index is 0.0473. The Morgan fingerprint density at radius 1 is 1.69 bits per heavy atom. The molecule has 1 atom stereocenters. The van der Waals surface area contributed by atoms with Gasteiger partial charge in [-0.2, -0.15) is 0 Å². The van der Waals surface area contributed by atoms with Crippen molar-refractivity contribution in [2.45, 2.75) is 25.4 Å². The summed E-state index contributed by atoms with van der Waals surface area (Å²) >= 11 is 1.81. The molecule has 0 amide bonds. The van der Waals surface area contributed by atoms with Gasteiger partial charge in [-0.3, -0.25) is 4.99 Å². The molecule has 0 bridgehead atoms. The standard InChI is InChI=1S/C9H16N2OS/c1-9(3-2-5-12-9)7-11-8-10-4-6-13-8/h2-7H2,1H3,(H,10,11). The van der Waals surface area contributed by atoms with Gasteiger partial charge in [0.15, 0.2) is 5.17 Å². The number of aliphatic imine (C=N–C) groups is 1. The molecule has 0 aromatic heterocycles. The molecule has 1 unspecified atom stereocenters. The number of thioether (sulfide) groups is 1. The van der Waals surface area contributed by atoms with Gasteiger partial charge in [-0.1, -0.05) is 11.8 Å². The molecule has 0 aliphatic carbocycles. The van der Waals surface area contributed by atoms with Crippen molar-refractivity contribution in [3.63, 3.8) is 0 Å². The molecule has 0 aromatic carbocycles. The second-order valence-electron chi connectivity index (χ2n) is 3.79. The second kappa shape index (κ2) is 3.88. The minimum absolute atomic E-state index is 0.0473. The average molecular weight is 200 g/mol. The summed E-state index contributed by atoms with van der Waals surface area (Å²) in [6.45, 7) is 4.95. The molecule has 1 saturated heterocycles. The van der Waals surface area contributed by atoms with Crippen LogP contribution in [0.25, 0.3) is 0 Å². The molecule has 0 saturated carbocycles. The predicted octanol–water partition coefficient (Wildman–Crippen LogP) is 1.25. The van der Waals surface area contributed by atoms with Crippen LogP contribution < -0.4 is 5.32 Å². The van der Waals surface area contributed by atoms with Crippen molar-refractivity contribution in [2.24, 2.45) is 4.99 Å². The zero-order valence-corrected chi connectivity index (χ0v) is 8.82. The zero-order valence-electron chi connectivity index (χ0n) is 8.01. The minimum Gasteiger partial charge on any atom is -0.373 e. The summed E-state index contributed by atoms with van der Waals surface area (Å²) in [5, 5.41) is 4.45. The van der Waals surface area contributed by atoms with Crippen molar-refractivity contribution < 1.29 is 4.74 Å². The van der Waals surface area contributed by atoms with Crippen molar-refractivity contribution in [3.8, 4) is 0 Å². The van der Waals surface area contributed by atoms with Gasteiger partial charge in [0, 0.05) is 18.9 Å². The largest absolute Gasteiger partial charge is 0.373 e. The molecule has 2 heterocycles. The zero-order chi connectivity index (χ0) is 9.15.